The van der Waals surface area contributed by atoms with Gasteiger partial charge in [0.15, 0.2) is 5.82 Å². The number of rotatable bonds is 4. The first-order chi connectivity index (χ1) is 18.6. The van der Waals surface area contributed by atoms with Gasteiger partial charge in [0.1, 0.15) is 5.82 Å². The van der Waals surface area contributed by atoms with Crippen molar-refractivity contribution in [3.63, 3.8) is 0 Å². The summed E-state index contributed by atoms with van der Waals surface area (Å²) in [5.41, 5.74) is 4.05. The van der Waals surface area contributed by atoms with Crippen LogP contribution in [0.15, 0.2) is 48.8 Å². The second-order valence-electron chi connectivity index (χ2n) is 9.66. The Morgan fingerprint density at radius 3 is 2.34 bits per heavy atom. The lowest BCUT2D eigenvalue weighted by Crippen LogP contribution is -2.47. The fraction of sp³-hybridized carbons (Fsp3) is 0.370. The van der Waals surface area contributed by atoms with Crippen LogP contribution in [0.2, 0.25) is 0 Å². The minimum Gasteiger partial charge on any atom is -0.453 e. The number of carbonyl (C=O) groups excluding carboxylic acids is 2. The van der Waals surface area contributed by atoms with Crippen LogP contribution in [-0.4, -0.2) is 70.9 Å². The molecule has 2 aromatic heterocycles. The molecule has 3 aliphatic rings. The van der Waals surface area contributed by atoms with E-state index >= 15 is 0 Å². The Morgan fingerprint density at radius 2 is 1.66 bits per heavy atom. The highest BCUT2D eigenvalue weighted by molar-refractivity contribution is 5.99. The third-order valence-electron chi connectivity index (χ3n) is 7.30. The molecule has 1 aromatic carbocycles. The summed E-state index contributed by atoms with van der Waals surface area (Å²) in [5, 5.41) is 5.61. The summed E-state index contributed by atoms with van der Waals surface area (Å²) >= 11 is 0. The molecule has 3 aliphatic heterocycles. The first kappa shape index (κ1) is 24.1. The lowest BCUT2D eigenvalue weighted by atomic mass is 10.0. The van der Waals surface area contributed by atoms with Gasteiger partial charge in [0.05, 0.1) is 44.6 Å². The molecule has 0 aliphatic carbocycles. The maximum Gasteiger partial charge on any atom is 0.409 e. The molecule has 5 heterocycles. The van der Waals surface area contributed by atoms with Gasteiger partial charge in [-0.25, -0.2) is 19.6 Å². The molecule has 11 nitrogen and oxygen atoms in total. The minimum absolute atomic E-state index is 0.296. The van der Waals surface area contributed by atoms with Crippen LogP contribution in [0.4, 0.5) is 26.8 Å². The summed E-state index contributed by atoms with van der Waals surface area (Å²) in [4.78, 5) is 42.6. The molecule has 196 valence electrons. The number of urea groups is 1. The Balaban J connectivity index is 1.28. The lowest BCUT2D eigenvalue weighted by Gasteiger charge is -2.38. The number of fused-ring (bicyclic) bond motifs is 3. The second-order valence-corrected chi connectivity index (χ2v) is 9.66. The van der Waals surface area contributed by atoms with Gasteiger partial charge in [-0.3, -0.25) is 4.98 Å². The number of nitrogens with one attached hydrogen (secondary N) is 2. The number of anilines is 3. The largest absolute Gasteiger partial charge is 0.453 e. The Hall–Kier alpha value is -4.25. The first-order valence-electron chi connectivity index (χ1n) is 12.8. The zero-order valence-corrected chi connectivity index (χ0v) is 21.1. The van der Waals surface area contributed by atoms with Crippen molar-refractivity contribution in [3.8, 4) is 11.4 Å². The van der Waals surface area contributed by atoms with E-state index in [1.807, 2.05) is 24.3 Å². The molecule has 3 amide bonds. The van der Waals surface area contributed by atoms with Crippen molar-refractivity contribution in [2.75, 3.05) is 42.4 Å². The van der Waals surface area contributed by atoms with Crippen molar-refractivity contribution in [2.45, 2.75) is 37.9 Å². The predicted octanol–water partition coefficient (Wildman–Crippen LogP) is 3.67. The maximum absolute atomic E-state index is 12.4. The number of benzene rings is 1. The van der Waals surface area contributed by atoms with Gasteiger partial charge in [0.25, 0.3) is 0 Å². The van der Waals surface area contributed by atoms with Crippen LogP contribution in [0.25, 0.3) is 11.4 Å². The fourth-order valence-electron chi connectivity index (χ4n) is 5.44. The van der Waals surface area contributed by atoms with E-state index in [0.717, 1.165) is 35.5 Å². The second kappa shape index (κ2) is 10.3. The average molecular weight is 516 g/mol. The molecule has 0 radical (unpaired) electrons. The average Bonchev–Trinajstić information content (AvgIpc) is 3.19. The van der Waals surface area contributed by atoms with E-state index in [2.05, 4.69) is 20.5 Å². The highest BCUT2D eigenvalue weighted by Crippen LogP contribution is 2.38. The molecule has 38 heavy (non-hydrogen) atoms. The number of aromatic nitrogens is 3. The van der Waals surface area contributed by atoms with E-state index in [1.165, 1.54) is 7.11 Å². The van der Waals surface area contributed by atoms with E-state index in [4.69, 9.17) is 19.4 Å². The number of ether oxygens (including phenoxy) is 2. The van der Waals surface area contributed by atoms with Crippen LogP contribution in [0, 0.1) is 0 Å². The van der Waals surface area contributed by atoms with Gasteiger partial charge in [-0.2, -0.15) is 0 Å². The number of methoxy groups -OCH3 is 1. The topological polar surface area (TPSA) is 122 Å². The molecular weight excluding hydrogens is 486 g/mol. The van der Waals surface area contributed by atoms with Gasteiger partial charge in [0, 0.05) is 41.4 Å². The summed E-state index contributed by atoms with van der Waals surface area (Å²) in [7, 11) is 1.40. The fourth-order valence-corrected chi connectivity index (χ4v) is 5.44. The SMILES string of the molecule is COC(=O)N1CCc2c(nc(-c3ccc(NC(=O)Nc4ccncc4)cc3)nc2N2C3CCC2COC3)C1. The van der Waals surface area contributed by atoms with Crippen molar-refractivity contribution in [3.05, 3.63) is 60.0 Å². The van der Waals surface area contributed by atoms with Crippen LogP contribution in [0.3, 0.4) is 0 Å². The van der Waals surface area contributed by atoms with Crippen LogP contribution >= 0.6 is 0 Å². The Bertz CT molecular complexity index is 1320. The molecule has 2 unspecified atom stereocenters. The monoisotopic (exact) mass is 515 g/mol. The van der Waals surface area contributed by atoms with Crippen molar-refractivity contribution < 1.29 is 19.1 Å². The van der Waals surface area contributed by atoms with Crippen molar-refractivity contribution >= 4 is 29.3 Å². The van der Waals surface area contributed by atoms with Gasteiger partial charge >= 0.3 is 12.1 Å². The van der Waals surface area contributed by atoms with Crippen molar-refractivity contribution in [1.29, 1.82) is 0 Å². The number of nitrogens with zero attached hydrogens (tertiary/aromatic N) is 5. The van der Waals surface area contributed by atoms with Gasteiger partial charge in [-0.1, -0.05) is 0 Å². The van der Waals surface area contributed by atoms with Crippen LogP contribution in [0.5, 0.6) is 0 Å². The summed E-state index contributed by atoms with van der Waals surface area (Å²) in [6.45, 7) is 2.33. The zero-order chi connectivity index (χ0) is 26.1. The summed E-state index contributed by atoms with van der Waals surface area (Å²) in [6.07, 6.45) is 5.70. The standard InChI is InChI=1S/C27H29N7O4/c1-37-27(36)33-13-10-22-23(14-33)31-24(32-25(22)34-20-6-7-21(34)16-38-15-20)17-2-4-18(5-3-17)29-26(35)30-19-8-11-28-12-9-19/h2-5,8-9,11-12,20-21H,6-7,10,13-16H2,1H3,(H2,28,29,30,35). The van der Waals surface area contributed by atoms with Crippen LogP contribution in [-0.2, 0) is 22.4 Å². The smallest absolute Gasteiger partial charge is 0.409 e. The Kier molecular flexibility index (Phi) is 6.50. The normalized spacial score (nSPS) is 20.0. The quantitative estimate of drug-likeness (QED) is 0.540. The van der Waals surface area contributed by atoms with Gasteiger partial charge in [-0.05, 0) is 55.7 Å². The molecule has 6 rings (SSSR count). The van der Waals surface area contributed by atoms with Crippen molar-refractivity contribution in [2.24, 2.45) is 0 Å². The number of hydrogen-bond donors (Lipinski definition) is 2. The summed E-state index contributed by atoms with van der Waals surface area (Å²) in [5.74, 6) is 1.54. The predicted molar refractivity (Wildman–Crippen MR) is 141 cm³/mol. The van der Waals surface area contributed by atoms with Crippen molar-refractivity contribution in [1.82, 2.24) is 19.9 Å². The van der Waals surface area contributed by atoms with Gasteiger partial charge < -0.3 is 29.9 Å². The molecular formula is C27H29N7O4. The molecule has 2 fully saturated rings. The zero-order valence-electron chi connectivity index (χ0n) is 21.1. The molecule has 2 N–H and O–H groups in total. The summed E-state index contributed by atoms with van der Waals surface area (Å²) in [6, 6.07) is 11.1. The van der Waals surface area contributed by atoms with E-state index < -0.39 is 0 Å². The summed E-state index contributed by atoms with van der Waals surface area (Å²) < 4.78 is 10.8. The molecule has 3 aromatic rings. The maximum atomic E-state index is 12.4. The highest BCUT2D eigenvalue weighted by Gasteiger charge is 2.40. The van der Waals surface area contributed by atoms with E-state index in [-0.39, 0.29) is 12.1 Å². The number of hydrogen-bond acceptors (Lipinski definition) is 8. The Morgan fingerprint density at radius 1 is 0.974 bits per heavy atom. The van der Waals surface area contributed by atoms with Crippen LogP contribution in [0.1, 0.15) is 24.1 Å². The Labute approximate surface area is 220 Å². The lowest BCUT2D eigenvalue weighted by molar-refractivity contribution is 0.0899. The third-order valence-corrected chi connectivity index (χ3v) is 7.30. The molecule has 0 spiro atoms. The first-order valence-corrected chi connectivity index (χ1v) is 12.8. The van der Waals surface area contributed by atoms with E-state index in [1.54, 1.807) is 29.4 Å². The highest BCUT2D eigenvalue weighted by atomic mass is 16.5. The van der Waals surface area contributed by atoms with E-state index in [0.29, 0.717) is 62.0 Å². The minimum atomic E-state index is -0.357. The molecule has 2 atom stereocenters. The molecule has 2 bridgehead atoms. The van der Waals surface area contributed by atoms with Crippen LogP contribution < -0.4 is 15.5 Å². The number of amides is 3. The van der Waals surface area contributed by atoms with Gasteiger partial charge in [0.2, 0.25) is 0 Å². The number of pyridine rings is 1. The molecule has 11 heteroatoms. The number of morpholine rings is 1. The number of carbonyl (C=O) groups is 2. The third kappa shape index (κ3) is 4.72. The molecule has 2 saturated heterocycles. The van der Waals surface area contributed by atoms with Gasteiger partial charge in [-0.15, -0.1) is 0 Å². The van der Waals surface area contributed by atoms with E-state index in [9.17, 15) is 9.59 Å². The molecule has 0 saturated carbocycles.